The van der Waals surface area contributed by atoms with Crippen molar-refractivity contribution < 1.29 is 23.9 Å². The van der Waals surface area contributed by atoms with Gasteiger partial charge in [-0.3, -0.25) is 14.4 Å². The predicted octanol–water partition coefficient (Wildman–Crippen LogP) is 0.637. The van der Waals surface area contributed by atoms with Gasteiger partial charge in [-0.15, -0.1) is 0 Å². The van der Waals surface area contributed by atoms with E-state index in [4.69, 9.17) is 9.47 Å². The Hall–Kier alpha value is -2.57. The second-order valence-electron chi connectivity index (χ2n) is 5.11. The second kappa shape index (κ2) is 8.17. The number of para-hydroxylation sites is 1. The number of hydrogen-bond donors (Lipinski definition) is 2. The van der Waals surface area contributed by atoms with E-state index in [0.717, 1.165) is 12.8 Å². The lowest BCUT2D eigenvalue weighted by Gasteiger charge is -2.10. The van der Waals surface area contributed by atoms with Crippen LogP contribution in [0.5, 0.6) is 5.75 Å². The summed E-state index contributed by atoms with van der Waals surface area (Å²) in [5.74, 6) is -0.981. The minimum Gasteiger partial charge on any atom is -0.493 e. The maximum absolute atomic E-state index is 12.1. The van der Waals surface area contributed by atoms with Crippen molar-refractivity contribution in [2.45, 2.75) is 25.8 Å². The van der Waals surface area contributed by atoms with Crippen LogP contribution in [0.4, 0.5) is 0 Å². The average molecular weight is 320 g/mol. The summed E-state index contributed by atoms with van der Waals surface area (Å²) in [7, 11) is 0. The molecule has 7 heteroatoms. The summed E-state index contributed by atoms with van der Waals surface area (Å²) in [4.78, 5) is 35.0. The Labute approximate surface area is 134 Å². The number of amides is 2. The third-order valence-corrected chi connectivity index (χ3v) is 3.13. The molecule has 1 aliphatic rings. The molecule has 2 rings (SSSR count). The average Bonchev–Trinajstić information content (AvgIpc) is 3.35. The third-order valence-electron chi connectivity index (χ3n) is 3.13. The molecule has 1 aromatic carbocycles. The van der Waals surface area contributed by atoms with Crippen LogP contribution in [-0.2, 0) is 14.3 Å². The van der Waals surface area contributed by atoms with Crippen molar-refractivity contribution in [3.05, 3.63) is 29.8 Å². The Kier molecular flexibility index (Phi) is 5.96. The van der Waals surface area contributed by atoms with Gasteiger partial charge in [-0.2, -0.15) is 0 Å². The quantitative estimate of drug-likeness (QED) is 0.686. The second-order valence-corrected chi connectivity index (χ2v) is 5.11. The van der Waals surface area contributed by atoms with Crippen LogP contribution in [0.15, 0.2) is 24.3 Å². The number of carbonyl (C=O) groups is 3. The Morgan fingerprint density at radius 3 is 2.65 bits per heavy atom. The van der Waals surface area contributed by atoms with Gasteiger partial charge in [0.25, 0.3) is 11.8 Å². The van der Waals surface area contributed by atoms with Crippen LogP contribution in [0.1, 0.15) is 30.1 Å². The van der Waals surface area contributed by atoms with Crippen molar-refractivity contribution in [1.29, 1.82) is 0 Å². The van der Waals surface area contributed by atoms with E-state index in [1.54, 1.807) is 24.3 Å². The van der Waals surface area contributed by atoms with E-state index in [1.807, 2.05) is 6.92 Å². The molecule has 0 aromatic heterocycles. The molecule has 1 saturated carbocycles. The van der Waals surface area contributed by atoms with E-state index in [0.29, 0.717) is 17.9 Å². The van der Waals surface area contributed by atoms with Crippen LogP contribution in [0.25, 0.3) is 0 Å². The van der Waals surface area contributed by atoms with E-state index in [-0.39, 0.29) is 25.1 Å². The van der Waals surface area contributed by atoms with E-state index < -0.39 is 11.9 Å². The maximum Gasteiger partial charge on any atom is 0.325 e. The van der Waals surface area contributed by atoms with Gasteiger partial charge in [0.2, 0.25) is 0 Å². The number of nitrogens with one attached hydrogen (secondary N) is 2. The number of rotatable bonds is 8. The molecule has 2 N–H and O–H groups in total. The highest BCUT2D eigenvalue weighted by atomic mass is 16.5. The van der Waals surface area contributed by atoms with Crippen molar-refractivity contribution in [2.75, 3.05) is 19.8 Å². The molecule has 0 aliphatic heterocycles. The van der Waals surface area contributed by atoms with Gasteiger partial charge >= 0.3 is 5.97 Å². The standard InChI is InChI=1S/C16H20N2O5/c1-2-22-13-6-4-3-5-12(13)16(21)17-9-15(20)23-10-14(19)18-11-7-8-11/h3-6,11H,2,7-10H2,1H3,(H,17,21)(H,18,19). The van der Waals surface area contributed by atoms with E-state index >= 15 is 0 Å². The van der Waals surface area contributed by atoms with Gasteiger partial charge in [-0.1, -0.05) is 12.1 Å². The molecule has 0 radical (unpaired) electrons. The maximum atomic E-state index is 12.1. The molecule has 0 heterocycles. The molecular formula is C16H20N2O5. The first kappa shape index (κ1) is 16.8. The van der Waals surface area contributed by atoms with Gasteiger partial charge in [0.1, 0.15) is 12.3 Å². The number of carbonyl (C=O) groups excluding carboxylic acids is 3. The number of esters is 1. The van der Waals surface area contributed by atoms with Gasteiger partial charge in [0.15, 0.2) is 6.61 Å². The molecule has 1 fully saturated rings. The molecule has 0 atom stereocenters. The van der Waals surface area contributed by atoms with E-state index in [9.17, 15) is 14.4 Å². The normalized spacial score (nSPS) is 13.1. The number of hydrogen-bond acceptors (Lipinski definition) is 5. The lowest BCUT2D eigenvalue weighted by atomic mass is 10.2. The summed E-state index contributed by atoms with van der Waals surface area (Å²) < 4.78 is 10.2. The first-order chi connectivity index (χ1) is 11.1. The minimum absolute atomic E-state index is 0.218. The molecule has 2 amide bonds. The molecule has 0 saturated heterocycles. The molecular weight excluding hydrogens is 300 g/mol. The minimum atomic E-state index is -0.668. The van der Waals surface area contributed by atoms with Crippen molar-refractivity contribution in [3.63, 3.8) is 0 Å². The monoisotopic (exact) mass is 320 g/mol. The molecule has 0 spiro atoms. The fourth-order valence-corrected chi connectivity index (χ4v) is 1.88. The van der Waals surface area contributed by atoms with Crippen LogP contribution >= 0.6 is 0 Å². The Morgan fingerprint density at radius 1 is 1.22 bits per heavy atom. The van der Waals surface area contributed by atoms with Crippen molar-refractivity contribution >= 4 is 17.8 Å². The molecule has 124 valence electrons. The zero-order valence-electron chi connectivity index (χ0n) is 13.0. The summed E-state index contributed by atoms with van der Waals surface area (Å²) in [6.45, 7) is 1.61. The molecule has 1 aliphatic carbocycles. The zero-order valence-corrected chi connectivity index (χ0v) is 13.0. The van der Waals surface area contributed by atoms with Gasteiger partial charge in [0.05, 0.1) is 12.2 Å². The predicted molar refractivity (Wildman–Crippen MR) is 82.1 cm³/mol. The lowest BCUT2D eigenvalue weighted by molar-refractivity contribution is -0.147. The topological polar surface area (TPSA) is 93.7 Å². The van der Waals surface area contributed by atoms with E-state index in [2.05, 4.69) is 10.6 Å². The largest absolute Gasteiger partial charge is 0.493 e. The van der Waals surface area contributed by atoms with Gasteiger partial charge < -0.3 is 20.1 Å². The summed E-state index contributed by atoms with van der Waals surface area (Å²) >= 11 is 0. The summed E-state index contributed by atoms with van der Waals surface area (Å²) in [6.07, 6.45) is 1.93. The van der Waals surface area contributed by atoms with Crippen molar-refractivity contribution in [1.82, 2.24) is 10.6 Å². The molecule has 7 nitrogen and oxygen atoms in total. The van der Waals surface area contributed by atoms with Gasteiger partial charge in [0, 0.05) is 6.04 Å². The van der Waals surface area contributed by atoms with Crippen LogP contribution in [-0.4, -0.2) is 43.6 Å². The molecule has 1 aromatic rings. The van der Waals surface area contributed by atoms with Crippen LogP contribution < -0.4 is 15.4 Å². The highest BCUT2D eigenvalue weighted by molar-refractivity contribution is 5.98. The molecule has 23 heavy (non-hydrogen) atoms. The van der Waals surface area contributed by atoms with Crippen LogP contribution in [0, 0.1) is 0 Å². The molecule has 0 bridgehead atoms. The number of benzene rings is 1. The highest BCUT2D eigenvalue weighted by Crippen LogP contribution is 2.18. The fraction of sp³-hybridized carbons (Fsp3) is 0.438. The smallest absolute Gasteiger partial charge is 0.325 e. The molecule has 0 unspecified atom stereocenters. The van der Waals surface area contributed by atoms with Crippen molar-refractivity contribution in [3.8, 4) is 5.75 Å². The number of ether oxygens (including phenoxy) is 2. The first-order valence-electron chi connectivity index (χ1n) is 7.55. The summed E-state index contributed by atoms with van der Waals surface area (Å²) in [5, 5.41) is 5.15. The van der Waals surface area contributed by atoms with E-state index in [1.165, 1.54) is 0 Å². The van der Waals surface area contributed by atoms with Crippen molar-refractivity contribution in [2.24, 2.45) is 0 Å². The first-order valence-corrected chi connectivity index (χ1v) is 7.55. The third kappa shape index (κ3) is 5.61. The summed E-state index contributed by atoms with van der Waals surface area (Å²) in [5.41, 5.74) is 0.341. The van der Waals surface area contributed by atoms with Crippen LogP contribution in [0.3, 0.4) is 0 Å². The lowest BCUT2D eigenvalue weighted by Crippen LogP contribution is -2.34. The highest BCUT2D eigenvalue weighted by Gasteiger charge is 2.23. The fourth-order valence-electron chi connectivity index (χ4n) is 1.88. The van der Waals surface area contributed by atoms with Gasteiger partial charge in [-0.05, 0) is 31.9 Å². The van der Waals surface area contributed by atoms with Gasteiger partial charge in [-0.25, -0.2) is 0 Å². The summed E-state index contributed by atoms with van der Waals surface area (Å²) in [6, 6.07) is 6.97. The Bertz CT molecular complexity index is 584. The Balaban J connectivity index is 1.74. The SMILES string of the molecule is CCOc1ccccc1C(=O)NCC(=O)OCC(=O)NC1CC1. The zero-order chi connectivity index (χ0) is 16.7. The Morgan fingerprint density at radius 2 is 1.96 bits per heavy atom. The van der Waals surface area contributed by atoms with Crippen LogP contribution in [0.2, 0.25) is 0 Å².